The molecule has 0 unspecified atom stereocenters. The van der Waals surface area contributed by atoms with Gasteiger partial charge in [0.2, 0.25) is 10.0 Å². The van der Waals surface area contributed by atoms with Crippen molar-refractivity contribution in [2.75, 3.05) is 0 Å². The molecule has 4 rings (SSSR count). The van der Waals surface area contributed by atoms with E-state index in [2.05, 4.69) is 4.98 Å². The van der Waals surface area contributed by atoms with Crippen molar-refractivity contribution in [3.8, 4) is 5.75 Å². The average Bonchev–Trinajstić information content (AvgIpc) is 3.06. The Morgan fingerprint density at radius 1 is 1.23 bits per heavy atom. The van der Waals surface area contributed by atoms with E-state index in [-0.39, 0.29) is 10.6 Å². The van der Waals surface area contributed by atoms with Crippen LogP contribution in [0.4, 0.5) is 0 Å². The second kappa shape index (κ2) is 8.03. The van der Waals surface area contributed by atoms with E-state index < -0.39 is 15.6 Å². The summed E-state index contributed by atoms with van der Waals surface area (Å²) in [6.45, 7) is 4.45. The van der Waals surface area contributed by atoms with Crippen LogP contribution in [0.2, 0.25) is 0 Å². The van der Waals surface area contributed by atoms with E-state index in [0.29, 0.717) is 34.1 Å². The third-order valence-corrected chi connectivity index (χ3v) is 6.97. The first-order valence-corrected chi connectivity index (χ1v) is 12.1. The van der Waals surface area contributed by atoms with Crippen molar-refractivity contribution in [1.82, 2.24) is 9.55 Å². The van der Waals surface area contributed by atoms with E-state index >= 15 is 0 Å². The first-order valence-electron chi connectivity index (χ1n) is 9.60. The van der Waals surface area contributed by atoms with Gasteiger partial charge in [-0.25, -0.2) is 23.3 Å². The van der Waals surface area contributed by atoms with E-state index in [1.165, 1.54) is 30.0 Å². The summed E-state index contributed by atoms with van der Waals surface area (Å²) in [7, 11) is -3.82. The van der Waals surface area contributed by atoms with Crippen LogP contribution in [0.1, 0.15) is 24.5 Å². The molecule has 162 valence electrons. The van der Waals surface area contributed by atoms with Crippen molar-refractivity contribution in [2.45, 2.75) is 42.6 Å². The fourth-order valence-corrected chi connectivity index (χ4v) is 5.06. The molecule has 0 atom stereocenters. The number of nitrogens with zero attached hydrogens (tertiary/aromatic N) is 2. The minimum Gasteiger partial charge on any atom is -0.508 e. The Morgan fingerprint density at radius 2 is 2.00 bits per heavy atom. The minimum absolute atomic E-state index is 0.0136. The highest BCUT2D eigenvalue weighted by Gasteiger charge is 2.16. The van der Waals surface area contributed by atoms with Gasteiger partial charge < -0.3 is 14.1 Å². The molecule has 0 bridgehead atoms. The largest absolute Gasteiger partial charge is 0.508 e. The van der Waals surface area contributed by atoms with Gasteiger partial charge >= 0.3 is 5.63 Å². The number of sulfonamides is 1. The van der Waals surface area contributed by atoms with Gasteiger partial charge in [-0.05, 0) is 49.2 Å². The minimum atomic E-state index is -3.82. The fraction of sp³-hybridized carbons (Fsp3) is 0.238. The quantitative estimate of drug-likeness (QED) is 0.333. The number of rotatable bonds is 6. The second-order valence-electron chi connectivity index (χ2n) is 7.21. The molecule has 4 aromatic rings. The van der Waals surface area contributed by atoms with Gasteiger partial charge in [0, 0.05) is 29.3 Å². The first-order chi connectivity index (χ1) is 14.7. The number of aryl methyl sites for hydroxylation is 2. The van der Waals surface area contributed by atoms with Crippen molar-refractivity contribution in [3.63, 3.8) is 0 Å². The Kier molecular flexibility index (Phi) is 5.54. The van der Waals surface area contributed by atoms with Crippen LogP contribution in [0.5, 0.6) is 5.75 Å². The van der Waals surface area contributed by atoms with Crippen LogP contribution in [-0.4, -0.2) is 23.1 Å². The molecule has 2 aromatic carbocycles. The smallest absolute Gasteiger partial charge is 0.336 e. The van der Waals surface area contributed by atoms with Gasteiger partial charge in [-0.15, -0.1) is 0 Å². The highest BCUT2D eigenvalue weighted by atomic mass is 32.2. The second-order valence-corrected chi connectivity index (χ2v) is 9.71. The lowest BCUT2D eigenvalue weighted by molar-refractivity contribution is 0.468. The number of aromatic nitrogens is 2. The molecular weight excluding hydrogens is 438 g/mol. The van der Waals surface area contributed by atoms with Crippen molar-refractivity contribution in [3.05, 3.63) is 57.9 Å². The zero-order valence-electron chi connectivity index (χ0n) is 17.0. The lowest BCUT2D eigenvalue weighted by atomic mass is 10.1. The summed E-state index contributed by atoms with van der Waals surface area (Å²) in [5.41, 5.74) is 2.50. The maximum absolute atomic E-state index is 12.1. The molecule has 0 aliphatic heterocycles. The third kappa shape index (κ3) is 4.06. The maximum Gasteiger partial charge on any atom is 0.336 e. The molecule has 0 saturated heterocycles. The SMILES string of the molecule is CCCn1c(SCc2cc(=O)oc3c(C)c(O)ccc23)nc2cc(S(N)(=O)=O)ccc21. The Bertz CT molecular complexity index is 1470. The topological polar surface area (TPSA) is 128 Å². The molecule has 10 heteroatoms. The number of imidazole rings is 1. The molecule has 0 spiro atoms. The van der Waals surface area contributed by atoms with Gasteiger partial charge in [0.05, 0.1) is 15.9 Å². The van der Waals surface area contributed by atoms with Gasteiger partial charge in [0.1, 0.15) is 11.3 Å². The zero-order chi connectivity index (χ0) is 22.3. The number of nitrogens with two attached hydrogens (primary N) is 1. The summed E-state index contributed by atoms with van der Waals surface area (Å²) in [6, 6.07) is 9.40. The number of fused-ring (bicyclic) bond motifs is 2. The molecule has 0 amide bonds. The monoisotopic (exact) mass is 459 g/mol. The fourth-order valence-electron chi connectivity index (χ4n) is 3.49. The summed E-state index contributed by atoms with van der Waals surface area (Å²) >= 11 is 1.44. The van der Waals surface area contributed by atoms with Gasteiger partial charge in [-0.1, -0.05) is 18.7 Å². The summed E-state index contributed by atoms with van der Waals surface area (Å²) in [5.74, 6) is 0.511. The Labute approximate surface area is 182 Å². The number of hydrogen-bond acceptors (Lipinski definition) is 7. The first kappa shape index (κ1) is 21.4. The van der Waals surface area contributed by atoms with Gasteiger partial charge in [0.15, 0.2) is 5.16 Å². The Morgan fingerprint density at radius 3 is 2.71 bits per heavy atom. The van der Waals surface area contributed by atoms with Gasteiger partial charge in [0.25, 0.3) is 0 Å². The van der Waals surface area contributed by atoms with E-state index in [1.54, 1.807) is 25.1 Å². The van der Waals surface area contributed by atoms with Crippen LogP contribution in [0.15, 0.2) is 55.7 Å². The van der Waals surface area contributed by atoms with E-state index in [0.717, 1.165) is 22.9 Å². The lowest BCUT2D eigenvalue weighted by Crippen LogP contribution is -2.11. The molecule has 3 N–H and O–H groups in total. The van der Waals surface area contributed by atoms with E-state index in [9.17, 15) is 18.3 Å². The Balaban J connectivity index is 1.76. The zero-order valence-corrected chi connectivity index (χ0v) is 18.6. The molecule has 0 aliphatic carbocycles. The Hall–Kier alpha value is -2.82. The van der Waals surface area contributed by atoms with Crippen molar-refractivity contribution < 1.29 is 17.9 Å². The van der Waals surface area contributed by atoms with Crippen LogP contribution >= 0.6 is 11.8 Å². The molecule has 0 saturated carbocycles. The molecule has 31 heavy (non-hydrogen) atoms. The normalized spacial score (nSPS) is 12.1. The molecule has 2 aromatic heterocycles. The maximum atomic E-state index is 12.1. The lowest BCUT2D eigenvalue weighted by Gasteiger charge is -2.10. The number of benzene rings is 2. The predicted molar refractivity (Wildman–Crippen MR) is 120 cm³/mol. The van der Waals surface area contributed by atoms with Crippen molar-refractivity contribution >= 4 is 43.8 Å². The highest BCUT2D eigenvalue weighted by molar-refractivity contribution is 7.98. The summed E-state index contributed by atoms with van der Waals surface area (Å²) < 4.78 is 30.7. The van der Waals surface area contributed by atoms with E-state index in [1.807, 2.05) is 11.5 Å². The highest BCUT2D eigenvalue weighted by Crippen LogP contribution is 2.32. The molecule has 0 radical (unpaired) electrons. The van der Waals surface area contributed by atoms with Crippen molar-refractivity contribution in [1.29, 1.82) is 0 Å². The van der Waals surface area contributed by atoms with Crippen LogP contribution < -0.4 is 10.8 Å². The summed E-state index contributed by atoms with van der Waals surface area (Å²) in [6.07, 6.45) is 0.867. The van der Waals surface area contributed by atoms with Crippen LogP contribution in [0.25, 0.3) is 22.0 Å². The summed E-state index contributed by atoms with van der Waals surface area (Å²) in [5, 5.41) is 16.6. The van der Waals surface area contributed by atoms with Crippen LogP contribution in [0.3, 0.4) is 0 Å². The number of primary sulfonamides is 1. The number of thioether (sulfide) groups is 1. The van der Waals surface area contributed by atoms with E-state index in [4.69, 9.17) is 9.56 Å². The standard InChI is InChI=1S/C21H21N3O5S2/c1-3-8-24-17-6-4-14(31(22,27)28)10-16(17)23-21(24)30-11-13-9-19(26)29-20-12(2)18(25)7-5-15(13)20/h4-7,9-10,25H,3,8,11H2,1-2H3,(H2,22,27,28). The number of phenolic OH excluding ortho intramolecular Hbond substituents is 1. The van der Waals surface area contributed by atoms with Crippen molar-refractivity contribution in [2.24, 2.45) is 5.14 Å². The molecular formula is C21H21N3O5S2. The summed E-state index contributed by atoms with van der Waals surface area (Å²) in [4.78, 5) is 16.7. The molecule has 0 fully saturated rings. The molecule has 2 heterocycles. The molecule has 0 aliphatic rings. The average molecular weight is 460 g/mol. The van der Waals surface area contributed by atoms with Crippen LogP contribution in [-0.2, 0) is 22.3 Å². The van der Waals surface area contributed by atoms with Gasteiger partial charge in [-0.2, -0.15) is 0 Å². The molecule has 8 nitrogen and oxygen atoms in total. The number of phenols is 1. The third-order valence-electron chi connectivity index (χ3n) is 5.04. The predicted octanol–water partition coefficient (Wildman–Crippen LogP) is 3.51. The number of aromatic hydroxyl groups is 1. The number of hydrogen-bond donors (Lipinski definition) is 2. The van der Waals surface area contributed by atoms with Crippen LogP contribution in [0, 0.1) is 6.92 Å². The van der Waals surface area contributed by atoms with Gasteiger partial charge in [-0.3, -0.25) is 0 Å².